The first-order chi connectivity index (χ1) is 9.41. The van der Waals surface area contributed by atoms with E-state index in [1.807, 2.05) is 6.08 Å². The van der Waals surface area contributed by atoms with Gasteiger partial charge in [-0.1, -0.05) is 75.5 Å². The lowest BCUT2D eigenvalue weighted by molar-refractivity contribution is 0.302. The van der Waals surface area contributed by atoms with E-state index < -0.39 is 0 Å². The summed E-state index contributed by atoms with van der Waals surface area (Å²) in [6, 6.07) is 0. The highest BCUT2D eigenvalue weighted by Gasteiger charge is 1.87. The van der Waals surface area contributed by atoms with Crippen LogP contribution in [0.5, 0.6) is 0 Å². The van der Waals surface area contributed by atoms with Gasteiger partial charge in [0.15, 0.2) is 0 Å². The molecule has 0 heterocycles. The van der Waals surface area contributed by atoms with E-state index in [0.29, 0.717) is 0 Å². The Morgan fingerprint density at radius 3 is 1.79 bits per heavy atom. The number of hydrogen-bond donors (Lipinski definition) is 1. The number of hydrogen-bond acceptors (Lipinski definition) is 1. The summed E-state index contributed by atoms with van der Waals surface area (Å²) in [5, 5.41) is 8.59. The first-order valence-electron chi connectivity index (χ1n) is 7.77. The summed E-state index contributed by atoms with van der Waals surface area (Å²) < 4.78 is 0. The van der Waals surface area contributed by atoms with E-state index in [1.54, 1.807) is 0 Å². The quantitative estimate of drug-likeness (QED) is 0.349. The molecule has 0 aliphatic carbocycles. The van der Waals surface area contributed by atoms with Crippen LogP contribution in [-0.2, 0) is 0 Å². The molecule has 1 nitrogen and oxygen atoms in total. The molecule has 0 fully saturated rings. The highest BCUT2D eigenvalue weighted by molar-refractivity contribution is 4.97. The maximum Gasteiger partial charge on any atom is 0.0465 e. The van der Waals surface area contributed by atoms with Gasteiger partial charge in [-0.3, -0.25) is 0 Å². The van der Waals surface area contributed by atoms with Crippen LogP contribution in [-0.4, -0.2) is 11.7 Å². The molecule has 0 aromatic heterocycles. The Balaban J connectivity index is 3.22. The summed E-state index contributed by atoms with van der Waals surface area (Å²) in [6.07, 6.45) is 24.8. The van der Waals surface area contributed by atoms with Crippen molar-refractivity contribution >= 4 is 0 Å². The Hall–Kier alpha value is -0.820. The van der Waals surface area contributed by atoms with Crippen LogP contribution in [0.4, 0.5) is 0 Å². The average molecular weight is 263 g/mol. The van der Waals surface area contributed by atoms with Gasteiger partial charge in [-0.15, -0.1) is 0 Å². The number of unbranched alkanes of at least 4 members (excludes halogenated alkanes) is 6. The van der Waals surface area contributed by atoms with Gasteiger partial charge >= 0.3 is 0 Å². The van der Waals surface area contributed by atoms with E-state index >= 15 is 0 Å². The van der Waals surface area contributed by atoms with Crippen molar-refractivity contribution in [3.8, 4) is 0 Å². The first kappa shape index (κ1) is 18.2. The molecule has 0 spiro atoms. The fourth-order valence-corrected chi connectivity index (χ4v) is 1.82. The zero-order chi connectivity index (χ0) is 14.0. The lowest BCUT2D eigenvalue weighted by Crippen LogP contribution is -1.77. The molecule has 0 saturated carbocycles. The van der Waals surface area contributed by atoms with Gasteiger partial charge in [0, 0.05) is 6.61 Å². The zero-order valence-electron chi connectivity index (χ0n) is 12.4. The van der Waals surface area contributed by atoms with E-state index in [4.69, 9.17) is 5.11 Å². The molecule has 109 valence electrons. The number of aliphatic hydroxyl groups excluding tert-OH is 1. The molecule has 1 heteroatoms. The van der Waals surface area contributed by atoms with E-state index in [0.717, 1.165) is 25.7 Å². The van der Waals surface area contributed by atoms with Gasteiger partial charge in [0.2, 0.25) is 0 Å². The van der Waals surface area contributed by atoms with Crippen molar-refractivity contribution in [1.29, 1.82) is 0 Å². The van der Waals surface area contributed by atoms with Gasteiger partial charge in [-0.25, -0.2) is 0 Å². The van der Waals surface area contributed by atoms with Gasteiger partial charge < -0.3 is 5.11 Å². The molecule has 0 aliphatic heterocycles. The molecule has 0 saturated heterocycles. The second-order valence-electron chi connectivity index (χ2n) is 4.81. The largest absolute Gasteiger partial charge is 0.396 e. The fraction of sp³-hybridized carbons (Fsp3) is 0.611. The van der Waals surface area contributed by atoms with E-state index in [-0.39, 0.29) is 6.61 Å². The van der Waals surface area contributed by atoms with Gasteiger partial charge in [0.25, 0.3) is 0 Å². The molecule has 0 aromatic rings. The Labute approximate surface area is 120 Å². The molecule has 0 amide bonds. The number of aliphatic hydroxyl groups is 1. The second-order valence-corrected chi connectivity index (χ2v) is 4.81. The Morgan fingerprint density at radius 2 is 1.16 bits per heavy atom. The van der Waals surface area contributed by atoms with Gasteiger partial charge in [0.05, 0.1) is 0 Å². The third-order valence-corrected chi connectivity index (χ3v) is 2.96. The highest BCUT2D eigenvalue weighted by Crippen LogP contribution is 2.07. The lowest BCUT2D eigenvalue weighted by atomic mass is 10.1. The lowest BCUT2D eigenvalue weighted by Gasteiger charge is -1.97. The van der Waals surface area contributed by atoms with Crippen LogP contribution in [0.15, 0.2) is 36.5 Å². The van der Waals surface area contributed by atoms with Crippen molar-refractivity contribution < 1.29 is 5.11 Å². The molecule has 0 rings (SSSR count). The van der Waals surface area contributed by atoms with Crippen molar-refractivity contribution in [2.24, 2.45) is 0 Å². The fourth-order valence-electron chi connectivity index (χ4n) is 1.82. The Bertz CT molecular complexity index is 238. The minimum absolute atomic E-state index is 0.248. The molecule has 0 unspecified atom stereocenters. The van der Waals surface area contributed by atoms with Crippen molar-refractivity contribution in [3.05, 3.63) is 43.4 Å². The third-order valence-electron chi connectivity index (χ3n) is 2.96. The second kappa shape index (κ2) is 17.2. The summed E-state index contributed by atoms with van der Waals surface area (Å²) in [5.41, 5.74) is 0. The predicted octanol–water partition coefficient (Wildman–Crippen LogP) is 5.38. The predicted molar refractivity (Wildman–Crippen MR) is 86.0 cm³/mol. The highest BCUT2D eigenvalue weighted by atomic mass is 16.2. The van der Waals surface area contributed by atoms with Crippen LogP contribution in [0.25, 0.3) is 0 Å². The summed E-state index contributed by atoms with van der Waals surface area (Å²) in [7, 11) is 0. The summed E-state index contributed by atoms with van der Waals surface area (Å²) >= 11 is 0. The average Bonchev–Trinajstić information content (AvgIpc) is 2.43. The Kier molecular flexibility index (Phi) is 16.4. The zero-order valence-corrected chi connectivity index (χ0v) is 12.4. The molecule has 19 heavy (non-hydrogen) atoms. The first-order valence-corrected chi connectivity index (χ1v) is 7.77. The van der Waals surface area contributed by atoms with Crippen molar-refractivity contribution in [2.45, 2.75) is 64.2 Å². The SMILES string of the molecule is [CH2]CCCCCCC/C=C\C/C=C\C/C=C\CCO. The van der Waals surface area contributed by atoms with E-state index in [1.165, 1.54) is 38.5 Å². The molecule has 1 N–H and O–H groups in total. The molecule has 1 radical (unpaired) electrons. The van der Waals surface area contributed by atoms with Crippen LogP contribution < -0.4 is 0 Å². The van der Waals surface area contributed by atoms with Gasteiger partial charge in [-0.05, 0) is 32.1 Å². The van der Waals surface area contributed by atoms with Crippen LogP contribution in [0.1, 0.15) is 64.2 Å². The van der Waals surface area contributed by atoms with E-state index in [2.05, 4.69) is 37.3 Å². The normalized spacial score (nSPS) is 12.3. The molecule has 0 atom stereocenters. The Morgan fingerprint density at radius 1 is 0.632 bits per heavy atom. The van der Waals surface area contributed by atoms with Gasteiger partial charge in [0.1, 0.15) is 0 Å². The number of allylic oxidation sites excluding steroid dienone is 5. The van der Waals surface area contributed by atoms with Crippen LogP contribution in [0.2, 0.25) is 0 Å². The third kappa shape index (κ3) is 17.2. The van der Waals surface area contributed by atoms with Crippen molar-refractivity contribution in [1.82, 2.24) is 0 Å². The minimum atomic E-state index is 0.248. The minimum Gasteiger partial charge on any atom is -0.396 e. The van der Waals surface area contributed by atoms with Crippen molar-refractivity contribution in [3.63, 3.8) is 0 Å². The molecular formula is C18H31O. The summed E-state index contributed by atoms with van der Waals surface area (Å²) in [4.78, 5) is 0. The van der Waals surface area contributed by atoms with Crippen LogP contribution >= 0.6 is 0 Å². The van der Waals surface area contributed by atoms with E-state index in [9.17, 15) is 0 Å². The van der Waals surface area contributed by atoms with Crippen LogP contribution in [0, 0.1) is 6.92 Å². The summed E-state index contributed by atoms with van der Waals surface area (Å²) in [5.74, 6) is 0. The standard InChI is InChI=1S/C18H31O/c1-2-3-4-5-6-7-8-9-10-11-12-13-14-15-16-17-18-19/h9-10,12-13,15-16,19H,1-8,11,14,17-18H2/b10-9-,13-12-,16-15-. The number of rotatable bonds is 13. The topological polar surface area (TPSA) is 20.2 Å². The summed E-state index contributed by atoms with van der Waals surface area (Å²) in [6.45, 7) is 4.10. The maximum absolute atomic E-state index is 8.59. The molecular weight excluding hydrogens is 232 g/mol. The van der Waals surface area contributed by atoms with Crippen LogP contribution in [0.3, 0.4) is 0 Å². The van der Waals surface area contributed by atoms with Gasteiger partial charge in [-0.2, -0.15) is 0 Å². The molecule has 0 aliphatic rings. The smallest absolute Gasteiger partial charge is 0.0465 e. The molecule has 0 aromatic carbocycles. The molecule has 0 bridgehead atoms. The van der Waals surface area contributed by atoms with Crippen molar-refractivity contribution in [2.75, 3.05) is 6.61 Å². The maximum atomic E-state index is 8.59. The monoisotopic (exact) mass is 263 g/mol.